The summed E-state index contributed by atoms with van der Waals surface area (Å²) in [4.78, 5) is 13.8. The van der Waals surface area contributed by atoms with Crippen LogP contribution in [-0.4, -0.2) is 34.9 Å². The molecule has 2 rings (SSSR count). The van der Waals surface area contributed by atoms with Crippen LogP contribution in [0.15, 0.2) is 18.2 Å². The molecule has 92 valence electrons. The molecule has 1 fully saturated rings. The summed E-state index contributed by atoms with van der Waals surface area (Å²) in [7, 11) is 0. The molecule has 0 aliphatic carbocycles. The lowest BCUT2D eigenvalue weighted by molar-refractivity contribution is 0.0758. The second-order valence-corrected chi connectivity index (χ2v) is 5.72. The van der Waals surface area contributed by atoms with Crippen molar-refractivity contribution in [3.8, 4) is 0 Å². The molecule has 0 bridgehead atoms. The normalized spacial score (nSPS) is 20.4. The van der Waals surface area contributed by atoms with Gasteiger partial charge in [0.1, 0.15) is 5.82 Å². The zero-order chi connectivity index (χ0) is 12.4. The predicted octanol–water partition coefficient (Wildman–Crippen LogP) is 1.99. The van der Waals surface area contributed by atoms with Gasteiger partial charge in [-0.25, -0.2) is 4.39 Å². The summed E-state index contributed by atoms with van der Waals surface area (Å²) in [5.41, 5.74) is 5.90. The van der Waals surface area contributed by atoms with Crippen LogP contribution in [0.4, 0.5) is 10.1 Å². The number of nitrogen functional groups attached to an aromatic ring is 1. The van der Waals surface area contributed by atoms with E-state index < -0.39 is 5.82 Å². The minimum Gasteiger partial charge on any atom is -0.399 e. The third-order valence-corrected chi connectivity index (χ3v) is 3.89. The Balaban J connectivity index is 2.18. The zero-order valence-corrected chi connectivity index (χ0v) is 10.5. The van der Waals surface area contributed by atoms with E-state index in [0.717, 1.165) is 5.75 Å². The number of hydrogen-bond acceptors (Lipinski definition) is 3. The second kappa shape index (κ2) is 4.96. The highest BCUT2D eigenvalue weighted by molar-refractivity contribution is 7.99. The van der Waals surface area contributed by atoms with Gasteiger partial charge in [-0.05, 0) is 18.2 Å². The quantitative estimate of drug-likeness (QED) is 0.780. The predicted molar refractivity (Wildman–Crippen MR) is 68.6 cm³/mol. The molecule has 0 saturated carbocycles. The molecule has 2 N–H and O–H groups in total. The first-order valence-corrected chi connectivity index (χ1v) is 6.58. The topological polar surface area (TPSA) is 46.3 Å². The van der Waals surface area contributed by atoms with Gasteiger partial charge in [0, 0.05) is 29.8 Å². The standard InChI is InChI=1S/C12H15FN2OS/c1-8-7-15(4-5-17-8)12(16)10-3-2-9(14)6-11(10)13/h2-3,6,8H,4-5,7,14H2,1H3. The Morgan fingerprint density at radius 1 is 1.59 bits per heavy atom. The van der Waals surface area contributed by atoms with Gasteiger partial charge < -0.3 is 10.6 Å². The molecule has 1 unspecified atom stereocenters. The van der Waals surface area contributed by atoms with Crippen molar-refractivity contribution in [1.82, 2.24) is 4.90 Å². The lowest BCUT2D eigenvalue weighted by atomic mass is 10.1. The number of hydrogen-bond donors (Lipinski definition) is 1. The Kier molecular flexibility index (Phi) is 3.57. The minimum atomic E-state index is -0.541. The largest absolute Gasteiger partial charge is 0.399 e. The Hall–Kier alpha value is -1.23. The average molecular weight is 254 g/mol. The van der Waals surface area contributed by atoms with E-state index in [2.05, 4.69) is 6.92 Å². The SMILES string of the molecule is CC1CN(C(=O)c2ccc(N)cc2F)CCS1. The van der Waals surface area contributed by atoms with Crippen LogP contribution in [0.2, 0.25) is 0 Å². The fraction of sp³-hybridized carbons (Fsp3) is 0.417. The fourth-order valence-electron chi connectivity index (χ4n) is 1.88. The monoisotopic (exact) mass is 254 g/mol. The number of benzene rings is 1. The lowest BCUT2D eigenvalue weighted by Gasteiger charge is -2.30. The third kappa shape index (κ3) is 2.72. The van der Waals surface area contributed by atoms with E-state index in [9.17, 15) is 9.18 Å². The second-order valence-electron chi connectivity index (χ2n) is 4.17. The van der Waals surface area contributed by atoms with E-state index in [1.165, 1.54) is 12.1 Å². The molecule has 1 amide bonds. The van der Waals surface area contributed by atoms with E-state index in [1.807, 2.05) is 11.8 Å². The summed E-state index contributed by atoms with van der Waals surface area (Å²) < 4.78 is 13.6. The molecule has 3 nitrogen and oxygen atoms in total. The molecule has 5 heteroatoms. The van der Waals surface area contributed by atoms with Crippen LogP contribution in [0.5, 0.6) is 0 Å². The van der Waals surface area contributed by atoms with Crippen molar-refractivity contribution in [2.45, 2.75) is 12.2 Å². The Morgan fingerprint density at radius 2 is 2.35 bits per heavy atom. The highest BCUT2D eigenvalue weighted by Crippen LogP contribution is 2.21. The van der Waals surface area contributed by atoms with Gasteiger partial charge in [-0.3, -0.25) is 4.79 Å². The molecule has 1 heterocycles. The lowest BCUT2D eigenvalue weighted by Crippen LogP contribution is -2.41. The van der Waals surface area contributed by atoms with Gasteiger partial charge in [-0.1, -0.05) is 6.92 Å². The van der Waals surface area contributed by atoms with Gasteiger partial charge in [-0.2, -0.15) is 11.8 Å². The Morgan fingerprint density at radius 3 is 3.00 bits per heavy atom. The van der Waals surface area contributed by atoms with E-state index >= 15 is 0 Å². The molecule has 1 aromatic rings. The first kappa shape index (κ1) is 12.2. The maximum Gasteiger partial charge on any atom is 0.256 e. The number of nitrogens with zero attached hydrogens (tertiary/aromatic N) is 1. The number of carbonyl (C=O) groups is 1. The minimum absolute atomic E-state index is 0.110. The highest BCUT2D eigenvalue weighted by atomic mass is 32.2. The van der Waals surface area contributed by atoms with Gasteiger partial charge in [0.2, 0.25) is 0 Å². The summed E-state index contributed by atoms with van der Waals surface area (Å²) in [6.45, 7) is 3.43. The first-order chi connectivity index (χ1) is 8.08. The fourth-order valence-corrected chi connectivity index (χ4v) is 2.89. The van der Waals surface area contributed by atoms with Gasteiger partial charge in [0.15, 0.2) is 0 Å². The van der Waals surface area contributed by atoms with E-state index in [1.54, 1.807) is 11.0 Å². The molecule has 1 aromatic carbocycles. The van der Waals surface area contributed by atoms with Crippen molar-refractivity contribution in [1.29, 1.82) is 0 Å². The molecule has 1 saturated heterocycles. The van der Waals surface area contributed by atoms with Crippen LogP contribution in [0, 0.1) is 5.82 Å². The van der Waals surface area contributed by atoms with E-state index in [0.29, 0.717) is 24.0 Å². The maximum atomic E-state index is 13.6. The Labute approximate surface area is 104 Å². The number of halogens is 1. The molecular weight excluding hydrogens is 239 g/mol. The summed E-state index contributed by atoms with van der Waals surface area (Å²) in [6, 6.07) is 4.20. The number of thioether (sulfide) groups is 1. The number of carbonyl (C=O) groups excluding carboxylic acids is 1. The van der Waals surface area contributed by atoms with Crippen molar-refractivity contribution in [2.24, 2.45) is 0 Å². The van der Waals surface area contributed by atoms with E-state index in [-0.39, 0.29) is 11.5 Å². The van der Waals surface area contributed by atoms with Crippen LogP contribution < -0.4 is 5.73 Å². The number of rotatable bonds is 1. The van der Waals surface area contributed by atoms with Gasteiger partial charge in [0.25, 0.3) is 5.91 Å². The van der Waals surface area contributed by atoms with Crippen LogP contribution in [0.25, 0.3) is 0 Å². The smallest absolute Gasteiger partial charge is 0.256 e. The van der Waals surface area contributed by atoms with Gasteiger partial charge >= 0.3 is 0 Å². The van der Waals surface area contributed by atoms with Crippen molar-refractivity contribution in [3.63, 3.8) is 0 Å². The number of nitrogens with two attached hydrogens (primary N) is 1. The molecule has 0 aromatic heterocycles. The molecule has 0 radical (unpaired) electrons. The van der Waals surface area contributed by atoms with Crippen molar-refractivity contribution in [2.75, 3.05) is 24.6 Å². The maximum absolute atomic E-state index is 13.6. The molecule has 1 aliphatic heterocycles. The highest BCUT2D eigenvalue weighted by Gasteiger charge is 2.24. The molecular formula is C12H15FN2OS. The van der Waals surface area contributed by atoms with Crippen molar-refractivity contribution >= 4 is 23.4 Å². The van der Waals surface area contributed by atoms with Crippen molar-refractivity contribution < 1.29 is 9.18 Å². The third-order valence-electron chi connectivity index (χ3n) is 2.75. The summed E-state index contributed by atoms with van der Waals surface area (Å²) in [6.07, 6.45) is 0. The van der Waals surface area contributed by atoms with Crippen LogP contribution >= 0.6 is 11.8 Å². The van der Waals surface area contributed by atoms with Crippen LogP contribution in [-0.2, 0) is 0 Å². The van der Waals surface area contributed by atoms with E-state index in [4.69, 9.17) is 5.73 Å². The molecule has 0 spiro atoms. The molecule has 1 atom stereocenters. The average Bonchev–Trinajstić information content (AvgIpc) is 2.28. The molecule has 17 heavy (non-hydrogen) atoms. The first-order valence-electron chi connectivity index (χ1n) is 5.54. The molecule has 1 aliphatic rings. The summed E-state index contributed by atoms with van der Waals surface area (Å²) >= 11 is 1.83. The van der Waals surface area contributed by atoms with Crippen LogP contribution in [0.3, 0.4) is 0 Å². The number of amides is 1. The number of anilines is 1. The van der Waals surface area contributed by atoms with Gasteiger partial charge in [-0.15, -0.1) is 0 Å². The van der Waals surface area contributed by atoms with Gasteiger partial charge in [0.05, 0.1) is 5.56 Å². The summed E-state index contributed by atoms with van der Waals surface area (Å²) in [5.74, 6) is 0.124. The van der Waals surface area contributed by atoms with Crippen molar-refractivity contribution in [3.05, 3.63) is 29.6 Å². The zero-order valence-electron chi connectivity index (χ0n) is 9.65. The Bertz CT molecular complexity index is 439. The van der Waals surface area contributed by atoms with Crippen LogP contribution in [0.1, 0.15) is 17.3 Å². The summed E-state index contributed by atoms with van der Waals surface area (Å²) in [5, 5.41) is 0.407.